The van der Waals surface area contributed by atoms with Crippen LogP contribution in [0.5, 0.6) is 0 Å². The molecule has 1 fully saturated rings. The number of methoxy groups -OCH3 is 1. The van der Waals surface area contributed by atoms with Crippen LogP contribution in [-0.2, 0) is 9.47 Å². The van der Waals surface area contributed by atoms with Crippen LogP contribution >= 0.6 is 0 Å². The molecule has 4 heteroatoms. The van der Waals surface area contributed by atoms with Crippen LogP contribution in [0.15, 0.2) is 24.3 Å². The summed E-state index contributed by atoms with van der Waals surface area (Å²) in [5, 5.41) is 0. The zero-order valence-electron chi connectivity index (χ0n) is 9.89. The number of nitrogens with two attached hydrogens (primary N) is 1. The summed E-state index contributed by atoms with van der Waals surface area (Å²) in [6.07, 6.45) is 0.941. The zero-order chi connectivity index (χ0) is 12.3. The van der Waals surface area contributed by atoms with Gasteiger partial charge < -0.3 is 15.2 Å². The third-order valence-electron chi connectivity index (χ3n) is 3.20. The molecule has 1 aromatic rings. The first-order valence-corrected chi connectivity index (χ1v) is 5.74. The molecule has 0 spiro atoms. The van der Waals surface area contributed by atoms with Gasteiger partial charge in [0.15, 0.2) is 0 Å². The number of benzene rings is 1. The third kappa shape index (κ3) is 2.48. The van der Waals surface area contributed by atoms with E-state index in [9.17, 15) is 4.79 Å². The van der Waals surface area contributed by atoms with Crippen molar-refractivity contribution in [3.63, 3.8) is 0 Å². The van der Waals surface area contributed by atoms with Gasteiger partial charge in [-0.25, -0.2) is 4.79 Å². The van der Waals surface area contributed by atoms with E-state index in [1.807, 2.05) is 18.2 Å². The first-order chi connectivity index (χ1) is 8.24. The van der Waals surface area contributed by atoms with Gasteiger partial charge >= 0.3 is 5.97 Å². The summed E-state index contributed by atoms with van der Waals surface area (Å²) in [6, 6.07) is 7.16. The normalized spacial score (nSPS) is 21.2. The Morgan fingerprint density at radius 1 is 1.53 bits per heavy atom. The maximum absolute atomic E-state index is 11.6. The molecule has 92 valence electrons. The molecule has 2 rings (SSSR count). The first kappa shape index (κ1) is 12.1. The summed E-state index contributed by atoms with van der Waals surface area (Å²) in [5.41, 5.74) is 7.60. The molecule has 17 heavy (non-hydrogen) atoms. The van der Waals surface area contributed by atoms with Crippen molar-refractivity contribution >= 4 is 5.97 Å². The topological polar surface area (TPSA) is 61.5 Å². The largest absolute Gasteiger partial charge is 0.465 e. The molecule has 1 saturated heterocycles. The molecule has 0 amide bonds. The van der Waals surface area contributed by atoms with Gasteiger partial charge in [0.1, 0.15) is 0 Å². The summed E-state index contributed by atoms with van der Waals surface area (Å²) in [4.78, 5) is 11.6. The Balaban J connectivity index is 2.27. The second-order valence-corrected chi connectivity index (χ2v) is 4.23. The Kier molecular flexibility index (Phi) is 3.76. The molecule has 0 aliphatic carbocycles. The Labute approximate surface area is 101 Å². The van der Waals surface area contributed by atoms with Crippen molar-refractivity contribution < 1.29 is 14.3 Å². The summed E-state index contributed by atoms with van der Waals surface area (Å²) >= 11 is 0. The lowest BCUT2D eigenvalue weighted by Crippen LogP contribution is -2.24. The van der Waals surface area contributed by atoms with Gasteiger partial charge in [0, 0.05) is 18.6 Å². The smallest absolute Gasteiger partial charge is 0.338 e. The van der Waals surface area contributed by atoms with Gasteiger partial charge in [0.05, 0.1) is 19.3 Å². The molecular weight excluding hydrogens is 218 g/mol. The number of rotatable bonds is 3. The van der Waals surface area contributed by atoms with E-state index in [2.05, 4.69) is 0 Å². The number of ether oxygens (including phenoxy) is 2. The van der Waals surface area contributed by atoms with Crippen LogP contribution in [0.25, 0.3) is 0 Å². The first-order valence-electron chi connectivity index (χ1n) is 5.74. The van der Waals surface area contributed by atoms with E-state index >= 15 is 0 Å². The quantitative estimate of drug-likeness (QED) is 0.807. The lowest BCUT2D eigenvalue weighted by atomic mass is 9.90. The predicted molar refractivity (Wildman–Crippen MR) is 63.6 cm³/mol. The van der Waals surface area contributed by atoms with Crippen molar-refractivity contribution in [3.8, 4) is 0 Å². The molecule has 1 aliphatic rings. The van der Waals surface area contributed by atoms with Crippen LogP contribution in [0, 0.1) is 5.92 Å². The van der Waals surface area contributed by atoms with Crippen molar-refractivity contribution in [1.29, 1.82) is 0 Å². The highest BCUT2D eigenvalue weighted by Gasteiger charge is 2.27. The molecule has 2 atom stereocenters. The average molecular weight is 235 g/mol. The van der Waals surface area contributed by atoms with E-state index in [0.717, 1.165) is 18.6 Å². The summed E-state index contributed by atoms with van der Waals surface area (Å²) in [7, 11) is 1.38. The lowest BCUT2D eigenvalue weighted by Gasteiger charge is -2.20. The molecule has 0 radical (unpaired) electrons. The highest BCUT2D eigenvalue weighted by atomic mass is 16.5. The monoisotopic (exact) mass is 235 g/mol. The molecule has 2 unspecified atom stereocenters. The van der Waals surface area contributed by atoms with E-state index in [1.54, 1.807) is 6.07 Å². The minimum atomic E-state index is -0.338. The standard InChI is InChI=1S/C13H17NO3/c1-16-13(15)11-5-3-2-4-10(11)12(14)9-6-7-17-8-9/h2-5,9,12H,6-8,14H2,1H3. The van der Waals surface area contributed by atoms with E-state index < -0.39 is 0 Å². The molecule has 0 aromatic heterocycles. The second-order valence-electron chi connectivity index (χ2n) is 4.23. The van der Waals surface area contributed by atoms with Crippen LogP contribution in [0.4, 0.5) is 0 Å². The van der Waals surface area contributed by atoms with Crippen LogP contribution in [0.1, 0.15) is 28.4 Å². The maximum atomic E-state index is 11.6. The molecule has 4 nitrogen and oxygen atoms in total. The fourth-order valence-electron chi connectivity index (χ4n) is 2.17. The lowest BCUT2D eigenvalue weighted by molar-refractivity contribution is 0.0598. The summed E-state index contributed by atoms with van der Waals surface area (Å²) in [5.74, 6) is -0.0595. The molecule has 1 aliphatic heterocycles. The number of carbonyl (C=O) groups excluding carboxylic acids is 1. The SMILES string of the molecule is COC(=O)c1ccccc1C(N)C1CCOC1. The van der Waals surface area contributed by atoms with Gasteiger partial charge in [-0.15, -0.1) is 0 Å². The van der Waals surface area contributed by atoms with Gasteiger partial charge in [-0.1, -0.05) is 18.2 Å². The predicted octanol–water partition coefficient (Wildman–Crippen LogP) is 1.51. The summed E-state index contributed by atoms with van der Waals surface area (Å²) < 4.78 is 10.1. The molecule has 1 heterocycles. The van der Waals surface area contributed by atoms with Crippen LogP contribution in [-0.4, -0.2) is 26.3 Å². The maximum Gasteiger partial charge on any atom is 0.338 e. The molecule has 1 aromatic carbocycles. The number of carbonyl (C=O) groups is 1. The van der Waals surface area contributed by atoms with Crippen LogP contribution in [0.3, 0.4) is 0 Å². The van der Waals surface area contributed by atoms with Crippen molar-refractivity contribution in [2.45, 2.75) is 12.5 Å². The van der Waals surface area contributed by atoms with Gasteiger partial charge in [-0.05, 0) is 18.1 Å². The fourth-order valence-corrected chi connectivity index (χ4v) is 2.17. The Hall–Kier alpha value is -1.39. The highest BCUT2D eigenvalue weighted by Crippen LogP contribution is 2.28. The summed E-state index contributed by atoms with van der Waals surface area (Å²) in [6.45, 7) is 1.41. The van der Waals surface area contributed by atoms with Crippen molar-refractivity contribution in [3.05, 3.63) is 35.4 Å². The Bertz CT molecular complexity index is 399. The van der Waals surface area contributed by atoms with Crippen LogP contribution in [0.2, 0.25) is 0 Å². The van der Waals surface area contributed by atoms with Gasteiger partial charge in [0.2, 0.25) is 0 Å². The molecule has 0 bridgehead atoms. The minimum Gasteiger partial charge on any atom is -0.465 e. The van der Waals surface area contributed by atoms with Crippen molar-refractivity contribution in [2.75, 3.05) is 20.3 Å². The Morgan fingerprint density at radius 3 is 2.94 bits per heavy atom. The van der Waals surface area contributed by atoms with Crippen molar-refractivity contribution in [2.24, 2.45) is 11.7 Å². The van der Waals surface area contributed by atoms with Crippen molar-refractivity contribution in [1.82, 2.24) is 0 Å². The number of hydrogen-bond donors (Lipinski definition) is 1. The zero-order valence-corrected chi connectivity index (χ0v) is 9.89. The minimum absolute atomic E-state index is 0.173. The third-order valence-corrected chi connectivity index (χ3v) is 3.20. The van der Waals surface area contributed by atoms with E-state index in [0.29, 0.717) is 12.2 Å². The Morgan fingerprint density at radius 2 is 2.29 bits per heavy atom. The molecule has 2 N–H and O–H groups in total. The van der Waals surface area contributed by atoms with E-state index in [-0.39, 0.29) is 17.9 Å². The average Bonchev–Trinajstić information content (AvgIpc) is 2.91. The number of hydrogen-bond acceptors (Lipinski definition) is 4. The van der Waals surface area contributed by atoms with E-state index in [1.165, 1.54) is 7.11 Å². The fraction of sp³-hybridized carbons (Fsp3) is 0.462. The molecule has 0 saturated carbocycles. The highest BCUT2D eigenvalue weighted by molar-refractivity contribution is 5.91. The number of esters is 1. The van der Waals surface area contributed by atoms with Crippen LogP contribution < -0.4 is 5.73 Å². The van der Waals surface area contributed by atoms with E-state index in [4.69, 9.17) is 15.2 Å². The van der Waals surface area contributed by atoms with Gasteiger partial charge in [-0.2, -0.15) is 0 Å². The van der Waals surface area contributed by atoms with Gasteiger partial charge in [0.25, 0.3) is 0 Å². The van der Waals surface area contributed by atoms with Gasteiger partial charge in [-0.3, -0.25) is 0 Å². The second kappa shape index (κ2) is 5.29. The molecular formula is C13H17NO3.